The van der Waals surface area contributed by atoms with Crippen molar-refractivity contribution < 1.29 is 5.11 Å². The van der Waals surface area contributed by atoms with Gasteiger partial charge in [-0.25, -0.2) is 0 Å². The molecule has 2 heteroatoms. The van der Waals surface area contributed by atoms with Gasteiger partial charge in [0, 0.05) is 6.54 Å². The predicted molar refractivity (Wildman–Crippen MR) is 129 cm³/mol. The van der Waals surface area contributed by atoms with Gasteiger partial charge in [-0.05, 0) is 59.5 Å². The van der Waals surface area contributed by atoms with Crippen LogP contribution in [-0.4, -0.2) is 23.1 Å². The number of likely N-dealkylation sites (tertiary alicyclic amines) is 1. The summed E-state index contributed by atoms with van der Waals surface area (Å²) in [5.74, 6) is 0.200. The number of benzene rings is 3. The van der Waals surface area contributed by atoms with Crippen molar-refractivity contribution in [3.63, 3.8) is 0 Å². The summed E-state index contributed by atoms with van der Waals surface area (Å²) < 4.78 is 0. The van der Waals surface area contributed by atoms with Gasteiger partial charge in [-0.3, -0.25) is 4.90 Å². The number of piperidine rings is 1. The molecule has 1 heterocycles. The molecule has 0 aliphatic carbocycles. The molecule has 0 aromatic heterocycles. The summed E-state index contributed by atoms with van der Waals surface area (Å²) in [5, 5.41) is 12.1. The lowest BCUT2D eigenvalue weighted by molar-refractivity contribution is -0.0153. The molecule has 0 atom stereocenters. The zero-order valence-corrected chi connectivity index (χ0v) is 19.1. The molecular formula is C29H35NO. The van der Waals surface area contributed by atoms with E-state index in [1.54, 1.807) is 0 Å². The number of aliphatic hydroxyl groups is 1. The van der Waals surface area contributed by atoms with Gasteiger partial charge < -0.3 is 5.11 Å². The minimum Gasteiger partial charge on any atom is -0.380 e. The van der Waals surface area contributed by atoms with Crippen molar-refractivity contribution in [1.82, 2.24) is 4.90 Å². The van der Waals surface area contributed by atoms with Gasteiger partial charge in [0.15, 0.2) is 0 Å². The second-order valence-electron chi connectivity index (χ2n) is 9.96. The minimum atomic E-state index is -0.947. The molecule has 3 aromatic carbocycles. The molecule has 162 valence electrons. The molecule has 4 rings (SSSR count). The fraction of sp³-hybridized carbons (Fsp3) is 0.379. The quantitative estimate of drug-likeness (QED) is 0.544. The highest BCUT2D eigenvalue weighted by atomic mass is 16.3. The van der Waals surface area contributed by atoms with Crippen LogP contribution in [0.4, 0.5) is 0 Å². The van der Waals surface area contributed by atoms with Crippen LogP contribution in [0.5, 0.6) is 0 Å². The maximum absolute atomic E-state index is 12.1. The summed E-state index contributed by atoms with van der Waals surface area (Å²) in [6, 6.07) is 29.3. The third kappa shape index (κ3) is 4.61. The van der Waals surface area contributed by atoms with Crippen LogP contribution in [0.25, 0.3) is 0 Å². The summed E-state index contributed by atoms with van der Waals surface area (Å²) in [5.41, 5.74) is 4.06. The van der Waals surface area contributed by atoms with Crippen LogP contribution in [0, 0.1) is 5.92 Å². The first kappa shape index (κ1) is 21.8. The maximum Gasteiger partial charge on any atom is 0.117 e. The van der Waals surface area contributed by atoms with Gasteiger partial charge >= 0.3 is 0 Å². The average Bonchev–Trinajstić information content (AvgIpc) is 2.80. The Morgan fingerprint density at radius 2 is 1.23 bits per heavy atom. The van der Waals surface area contributed by atoms with Crippen molar-refractivity contribution in [3.05, 3.63) is 107 Å². The molecule has 1 saturated heterocycles. The molecule has 1 aliphatic rings. The molecule has 0 amide bonds. The fourth-order valence-electron chi connectivity index (χ4n) is 5.16. The van der Waals surface area contributed by atoms with Crippen molar-refractivity contribution in [2.24, 2.45) is 5.92 Å². The second kappa shape index (κ2) is 8.98. The van der Waals surface area contributed by atoms with Crippen LogP contribution >= 0.6 is 0 Å². The summed E-state index contributed by atoms with van der Waals surface area (Å²) in [6.45, 7) is 9.86. The van der Waals surface area contributed by atoms with Gasteiger partial charge in [-0.1, -0.05) is 106 Å². The Balaban J connectivity index is 1.53. The van der Waals surface area contributed by atoms with Gasteiger partial charge in [0.25, 0.3) is 0 Å². The second-order valence-corrected chi connectivity index (χ2v) is 9.96. The van der Waals surface area contributed by atoms with Crippen LogP contribution < -0.4 is 0 Å². The predicted octanol–water partition coefficient (Wildman–Crippen LogP) is 6.13. The first-order valence-corrected chi connectivity index (χ1v) is 11.5. The highest BCUT2D eigenvalue weighted by molar-refractivity contribution is 5.37. The Kier molecular flexibility index (Phi) is 6.31. The van der Waals surface area contributed by atoms with E-state index >= 15 is 0 Å². The van der Waals surface area contributed by atoms with E-state index in [-0.39, 0.29) is 11.3 Å². The molecule has 0 unspecified atom stereocenters. The van der Waals surface area contributed by atoms with Crippen molar-refractivity contribution in [2.45, 2.75) is 51.2 Å². The maximum atomic E-state index is 12.1. The number of rotatable bonds is 5. The van der Waals surface area contributed by atoms with Crippen molar-refractivity contribution in [2.75, 3.05) is 13.1 Å². The summed E-state index contributed by atoms with van der Waals surface area (Å²) >= 11 is 0. The van der Waals surface area contributed by atoms with Gasteiger partial charge in [-0.15, -0.1) is 0 Å². The summed E-state index contributed by atoms with van der Waals surface area (Å²) in [6.07, 6.45) is 1.97. The Bertz CT molecular complexity index is 927. The Morgan fingerprint density at radius 3 is 1.74 bits per heavy atom. The van der Waals surface area contributed by atoms with Crippen LogP contribution in [0.1, 0.15) is 55.9 Å². The van der Waals surface area contributed by atoms with Gasteiger partial charge in [-0.2, -0.15) is 0 Å². The Morgan fingerprint density at radius 1 is 0.742 bits per heavy atom. The number of hydrogen-bond donors (Lipinski definition) is 1. The van der Waals surface area contributed by atoms with E-state index in [0.717, 1.165) is 43.6 Å². The average molecular weight is 414 g/mol. The lowest BCUT2D eigenvalue weighted by Gasteiger charge is -2.42. The van der Waals surface area contributed by atoms with Crippen molar-refractivity contribution in [1.29, 1.82) is 0 Å². The van der Waals surface area contributed by atoms with Crippen LogP contribution in [0.15, 0.2) is 84.9 Å². The van der Waals surface area contributed by atoms with E-state index in [4.69, 9.17) is 0 Å². The molecule has 0 bridgehead atoms. The van der Waals surface area contributed by atoms with Crippen LogP contribution in [-0.2, 0) is 17.6 Å². The topological polar surface area (TPSA) is 23.5 Å². The van der Waals surface area contributed by atoms with E-state index in [0.29, 0.717) is 0 Å². The molecular weight excluding hydrogens is 378 g/mol. The zero-order valence-electron chi connectivity index (χ0n) is 19.1. The highest BCUT2D eigenvalue weighted by Crippen LogP contribution is 2.42. The summed E-state index contributed by atoms with van der Waals surface area (Å²) in [7, 11) is 0. The molecule has 0 spiro atoms. The number of hydrogen-bond acceptors (Lipinski definition) is 2. The summed E-state index contributed by atoms with van der Waals surface area (Å²) in [4.78, 5) is 2.55. The lowest BCUT2D eigenvalue weighted by Crippen LogP contribution is -2.44. The van der Waals surface area contributed by atoms with Crippen LogP contribution in [0.2, 0.25) is 0 Å². The molecule has 3 aromatic rings. The van der Waals surface area contributed by atoms with E-state index < -0.39 is 5.60 Å². The Hall–Kier alpha value is -2.42. The SMILES string of the molecule is CC(C)(C)c1ccccc1CN1CCC(C(O)(c2ccccc2)c2ccccc2)CC1. The molecule has 1 aliphatic heterocycles. The van der Waals surface area contributed by atoms with Gasteiger partial charge in [0.2, 0.25) is 0 Å². The van der Waals surface area contributed by atoms with E-state index in [1.165, 1.54) is 11.1 Å². The monoisotopic (exact) mass is 413 g/mol. The first-order chi connectivity index (χ1) is 14.9. The highest BCUT2D eigenvalue weighted by Gasteiger charge is 2.41. The van der Waals surface area contributed by atoms with E-state index in [9.17, 15) is 5.11 Å². The molecule has 1 fully saturated rings. The van der Waals surface area contributed by atoms with E-state index in [1.807, 2.05) is 36.4 Å². The minimum absolute atomic E-state index is 0.149. The van der Waals surface area contributed by atoms with E-state index in [2.05, 4.69) is 74.2 Å². The molecule has 31 heavy (non-hydrogen) atoms. The first-order valence-electron chi connectivity index (χ1n) is 11.5. The third-order valence-corrected chi connectivity index (χ3v) is 6.83. The van der Waals surface area contributed by atoms with Gasteiger partial charge in [0.1, 0.15) is 5.60 Å². The molecule has 0 saturated carbocycles. The standard InChI is InChI=1S/C29H35NO/c1-28(2,3)27-17-11-10-12-23(27)22-30-20-18-26(19-21-30)29(31,24-13-6-4-7-14-24)25-15-8-5-9-16-25/h4-17,26,31H,18-22H2,1-3H3. The van der Waals surface area contributed by atoms with Crippen LogP contribution in [0.3, 0.4) is 0 Å². The smallest absolute Gasteiger partial charge is 0.117 e. The molecule has 0 radical (unpaired) electrons. The molecule has 1 N–H and O–H groups in total. The van der Waals surface area contributed by atoms with Gasteiger partial charge in [0.05, 0.1) is 0 Å². The fourth-order valence-corrected chi connectivity index (χ4v) is 5.16. The third-order valence-electron chi connectivity index (χ3n) is 6.83. The van der Waals surface area contributed by atoms with Crippen molar-refractivity contribution >= 4 is 0 Å². The normalized spacial score (nSPS) is 16.4. The number of nitrogens with zero attached hydrogens (tertiary/aromatic N) is 1. The molecule has 2 nitrogen and oxygen atoms in total. The Labute approximate surface area is 187 Å². The largest absolute Gasteiger partial charge is 0.380 e. The lowest BCUT2D eigenvalue weighted by atomic mass is 9.72. The zero-order chi connectivity index (χ0) is 21.9. The van der Waals surface area contributed by atoms with Crippen molar-refractivity contribution in [3.8, 4) is 0 Å².